The summed E-state index contributed by atoms with van der Waals surface area (Å²) in [6.07, 6.45) is -3.41. The number of nitrogens with one attached hydrogen (secondary N) is 1. The molecule has 0 fully saturated rings. The number of alkyl halides is 3. The highest BCUT2D eigenvalue weighted by atomic mass is 32.2. The molecule has 0 aliphatic carbocycles. The molecule has 0 amide bonds. The van der Waals surface area contributed by atoms with Crippen molar-refractivity contribution in [3.05, 3.63) is 45.4 Å². The normalized spacial score (nSPS) is 20.4. The number of hydrogen-bond acceptors (Lipinski definition) is 5. The minimum Gasteiger partial charge on any atom is -0.372 e. The molecular formula is C11H9F3N2O4S. The first kappa shape index (κ1) is 15.3. The third-order valence-electron chi connectivity index (χ3n) is 2.79. The van der Waals surface area contributed by atoms with Crippen molar-refractivity contribution in [2.45, 2.75) is 12.2 Å². The Morgan fingerprint density at radius 1 is 1.33 bits per heavy atom. The van der Waals surface area contributed by atoms with Crippen LogP contribution in [0, 0.1) is 10.1 Å². The van der Waals surface area contributed by atoms with Gasteiger partial charge in [0, 0.05) is 11.5 Å². The average molecular weight is 322 g/mol. The van der Waals surface area contributed by atoms with Gasteiger partial charge in [-0.1, -0.05) is 6.08 Å². The van der Waals surface area contributed by atoms with E-state index >= 15 is 0 Å². The van der Waals surface area contributed by atoms with Gasteiger partial charge in [-0.15, -0.1) is 0 Å². The molecule has 1 heterocycles. The summed E-state index contributed by atoms with van der Waals surface area (Å²) in [7, 11) is -3.37. The fourth-order valence-electron chi connectivity index (χ4n) is 1.85. The summed E-state index contributed by atoms with van der Waals surface area (Å²) >= 11 is 0. The van der Waals surface area contributed by atoms with E-state index in [0.717, 1.165) is 11.5 Å². The van der Waals surface area contributed by atoms with E-state index in [-0.39, 0.29) is 11.4 Å². The average Bonchev–Trinajstić information content (AvgIpc) is 2.67. The molecule has 114 valence electrons. The maximum Gasteiger partial charge on any atom is 0.416 e. The third-order valence-corrected chi connectivity index (χ3v) is 4.19. The zero-order valence-electron chi connectivity index (χ0n) is 10.3. The number of anilines is 1. The molecule has 1 aliphatic rings. The van der Waals surface area contributed by atoms with Gasteiger partial charge in [0.15, 0.2) is 9.84 Å². The lowest BCUT2D eigenvalue weighted by molar-refractivity contribution is -0.384. The second-order valence-corrected chi connectivity index (χ2v) is 6.33. The highest BCUT2D eigenvalue weighted by molar-refractivity contribution is 7.94. The molecule has 0 saturated heterocycles. The molecule has 0 spiro atoms. The van der Waals surface area contributed by atoms with Gasteiger partial charge >= 0.3 is 6.18 Å². The lowest BCUT2D eigenvalue weighted by atomic mass is 10.1. The van der Waals surface area contributed by atoms with E-state index in [1.807, 2.05) is 0 Å². The van der Waals surface area contributed by atoms with Crippen molar-refractivity contribution in [1.82, 2.24) is 0 Å². The number of nitro groups is 1. The maximum atomic E-state index is 12.5. The van der Waals surface area contributed by atoms with Crippen LogP contribution in [0.15, 0.2) is 29.7 Å². The van der Waals surface area contributed by atoms with E-state index in [2.05, 4.69) is 5.32 Å². The SMILES string of the molecule is O=[N+]([O-])c1cc(C(F)(F)F)ccc1NC1C=CS(=O)(=O)C1. The maximum absolute atomic E-state index is 12.5. The van der Waals surface area contributed by atoms with Crippen molar-refractivity contribution in [2.75, 3.05) is 11.1 Å². The van der Waals surface area contributed by atoms with Gasteiger partial charge in [-0.05, 0) is 12.1 Å². The van der Waals surface area contributed by atoms with E-state index in [1.54, 1.807) is 0 Å². The van der Waals surface area contributed by atoms with Crippen LogP contribution in [0.2, 0.25) is 0 Å². The Labute approximate surface area is 117 Å². The first-order valence-electron chi connectivity index (χ1n) is 5.62. The number of nitro benzene ring substituents is 1. The summed E-state index contributed by atoms with van der Waals surface area (Å²) in [6, 6.07) is 1.31. The lowest BCUT2D eigenvalue weighted by Gasteiger charge is -2.13. The quantitative estimate of drug-likeness (QED) is 0.681. The van der Waals surface area contributed by atoms with Crippen LogP contribution in [0.4, 0.5) is 24.5 Å². The topological polar surface area (TPSA) is 89.3 Å². The van der Waals surface area contributed by atoms with E-state index < -0.39 is 38.2 Å². The van der Waals surface area contributed by atoms with E-state index in [4.69, 9.17) is 0 Å². The van der Waals surface area contributed by atoms with Crippen molar-refractivity contribution in [3.63, 3.8) is 0 Å². The van der Waals surface area contributed by atoms with Crippen LogP contribution < -0.4 is 5.32 Å². The van der Waals surface area contributed by atoms with E-state index in [9.17, 15) is 31.7 Å². The van der Waals surface area contributed by atoms with E-state index in [1.165, 1.54) is 6.08 Å². The molecule has 21 heavy (non-hydrogen) atoms. The summed E-state index contributed by atoms with van der Waals surface area (Å²) in [5, 5.41) is 14.4. The van der Waals surface area contributed by atoms with Gasteiger partial charge in [0.25, 0.3) is 5.69 Å². The molecule has 0 radical (unpaired) electrons. The Kier molecular flexibility index (Phi) is 3.66. The Morgan fingerprint density at radius 2 is 2.00 bits per heavy atom. The monoisotopic (exact) mass is 322 g/mol. The third kappa shape index (κ3) is 3.51. The summed E-state index contributed by atoms with van der Waals surface area (Å²) < 4.78 is 60.1. The zero-order chi connectivity index (χ0) is 15.8. The molecule has 2 rings (SSSR count). The molecule has 1 aromatic rings. The summed E-state index contributed by atoms with van der Waals surface area (Å²) in [6.45, 7) is 0. The van der Waals surface area contributed by atoms with Crippen LogP contribution in [0.5, 0.6) is 0 Å². The first-order valence-corrected chi connectivity index (χ1v) is 7.33. The van der Waals surface area contributed by atoms with Crippen molar-refractivity contribution < 1.29 is 26.5 Å². The lowest BCUT2D eigenvalue weighted by Crippen LogP contribution is -2.21. The van der Waals surface area contributed by atoms with Crippen LogP contribution in [0.25, 0.3) is 0 Å². The van der Waals surface area contributed by atoms with Crippen molar-refractivity contribution in [1.29, 1.82) is 0 Å². The molecular weight excluding hydrogens is 313 g/mol. The fourth-order valence-corrected chi connectivity index (χ4v) is 3.08. The van der Waals surface area contributed by atoms with Crippen molar-refractivity contribution >= 4 is 21.2 Å². The molecule has 6 nitrogen and oxygen atoms in total. The van der Waals surface area contributed by atoms with Crippen LogP contribution in [-0.4, -0.2) is 25.1 Å². The van der Waals surface area contributed by atoms with Gasteiger partial charge in [-0.2, -0.15) is 13.2 Å². The minimum absolute atomic E-state index is 0.167. The van der Waals surface area contributed by atoms with Gasteiger partial charge in [0.2, 0.25) is 0 Å². The second-order valence-electron chi connectivity index (χ2n) is 4.40. The van der Waals surface area contributed by atoms with Crippen LogP contribution >= 0.6 is 0 Å². The van der Waals surface area contributed by atoms with Crippen LogP contribution in [0.3, 0.4) is 0 Å². The summed E-state index contributed by atoms with van der Waals surface area (Å²) in [4.78, 5) is 9.91. The number of hydrogen-bond donors (Lipinski definition) is 1. The highest BCUT2D eigenvalue weighted by Crippen LogP contribution is 2.35. The van der Waals surface area contributed by atoms with Gasteiger partial charge < -0.3 is 5.32 Å². The number of rotatable bonds is 3. The van der Waals surface area contributed by atoms with Gasteiger partial charge in [-0.3, -0.25) is 10.1 Å². The number of halogens is 3. The summed E-state index contributed by atoms with van der Waals surface area (Å²) in [5.41, 5.74) is -2.07. The van der Waals surface area contributed by atoms with Gasteiger partial charge in [0.1, 0.15) is 5.69 Å². The van der Waals surface area contributed by atoms with Crippen LogP contribution in [-0.2, 0) is 16.0 Å². The first-order chi connectivity index (χ1) is 9.58. The van der Waals surface area contributed by atoms with Gasteiger partial charge in [0.05, 0.1) is 22.3 Å². The molecule has 1 aliphatic heterocycles. The highest BCUT2D eigenvalue weighted by Gasteiger charge is 2.33. The minimum atomic E-state index is -4.69. The fraction of sp³-hybridized carbons (Fsp3) is 0.273. The van der Waals surface area contributed by atoms with Gasteiger partial charge in [-0.25, -0.2) is 8.42 Å². The molecule has 0 bridgehead atoms. The molecule has 1 atom stereocenters. The molecule has 0 aromatic heterocycles. The molecule has 1 N–H and O–H groups in total. The largest absolute Gasteiger partial charge is 0.416 e. The molecule has 1 unspecified atom stereocenters. The second kappa shape index (κ2) is 5.02. The number of benzene rings is 1. The predicted octanol–water partition coefficient (Wildman–Crippen LogP) is 2.34. The molecule has 10 heteroatoms. The molecule has 1 aromatic carbocycles. The number of nitrogens with zero attached hydrogens (tertiary/aromatic N) is 1. The van der Waals surface area contributed by atoms with Crippen molar-refractivity contribution in [2.24, 2.45) is 0 Å². The smallest absolute Gasteiger partial charge is 0.372 e. The predicted molar refractivity (Wildman–Crippen MR) is 68.4 cm³/mol. The molecule has 0 saturated carbocycles. The zero-order valence-corrected chi connectivity index (χ0v) is 11.1. The summed E-state index contributed by atoms with van der Waals surface area (Å²) in [5.74, 6) is -0.300. The Bertz CT molecular complexity index is 713. The Hall–Kier alpha value is -2.10. The van der Waals surface area contributed by atoms with E-state index in [0.29, 0.717) is 12.1 Å². The van der Waals surface area contributed by atoms with Crippen LogP contribution in [0.1, 0.15) is 5.56 Å². The standard InChI is InChI=1S/C11H9F3N2O4S/c12-11(13,14)7-1-2-9(10(5-7)16(17)18)15-8-3-4-21(19,20)6-8/h1-5,8,15H,6H2. The van der Waals surface area contributed by atoms with Crippen molar-refractivity contribution in [3.8, 4) is 0 Å². The number of sulfone groups is 1. The Balaban J connectivity index is 2.32. The Morgan fingerprint density at radius 3 is 2.48 bits per heavy atom.